The third-order valence-corrected chi connectivity index (χ3v) is 4.05. The number of thiophene rings is 1. The minimum absolute atomic E-state index is 0.349. The summed E-state index contributed by atoms with van der Waals surface area (Å²) in [6.07, 6.45) is 2.24. The first-order valence-electron chi connectivity index (χ1n) is 5.06. The van der Waals surface area contributed by atoms with Crippen LogP contribution in [0.4, 0.5) is 0 Å². The van der Waals surface area contributed by atoms with Crippen molar-refractivity contribution < 1.29 is 0 Å². The van der Waals surface area contributed by atoms with Crippen LogP contribution in [0.2, 0.25) is 0 Å². The zero-order chi connectivity index (χ0) is 10.4. The van der Waals surface area contributed by atoms with Gasteiger partial charge in [0.05, 0.1) is 0 Å². The van der Waals surface area contributed by atoms with E-state index in [0.717, 1.165) is 18.6 Å². The summed E-state index contributed by atoms with van der Waals surface area (Å²) < 4.78 is 0. The van der Waals surface area contributed by atoms with Gasteiger partial charge in [-0.05, 0) is 40.5 Å². The molecule has 0 aliphatic carbocycles. The maximum Gasteiger partial charge on any atom is 0.0133 e. The number of thioether (sulfide) groups is 1. The molecule has 1 aromatic rings. The van der Waals surface area contributed by atoms with Gasteiger partial charge in [0.15, 0.2) is 0 Å². The molecule has 0 radical (unpaired) electrons. The Morgan fingerprint density at radius 2 is 2.29 bits per heavy atom. The average Bonchev–Trinajstić information content (AvgIpc) is 2.63. The molecule has 0 spiro atoms. The summed E-state index contributed by atoms with van der Waals surface area (Å²) in [5, 5.41) is 5.04. The molecule has 1 heterocycles. The summed E-state index contributed by atoms with van der Waals surface area (Å²) in [5.41, 5.74) is 7.45. The molecule has 2 N–H and O–H groups in total. The predicted octanol–water partition coefficient (Wildman–Crippen LogP) is 3.15. The van der Waals surface area contributed by atoms with Gasteiger partial charge in [0.2, 0.25) is 0 Å². The highest BCUT2D eigenvalue weighted by Gasteiger charge is 2.04. The van der Waals surface area contributed by atoms with Crippen LogP contribution in [0.1, 0.15) is 25.8 Å². The van der Waals surface area contributed by atoms with Crippen LogP contribution in [0.15, 0.2) is 16.8 Å². The van der Waals surface area contributed by atoms with Crippen LogP contribution in [0.25, 0.3) is 0 Å². The lowest BCUT2D eigenvalue weighted by atomic mass is 10.1. The van der Waals surface area contributed by atoms with Crippen LogP contribution in [-0.2, 0) is 6.42 Å². The predicted molar refractivity (Wildman–Crippen MR) is 68.2 cm³/mol. The van der Waals surface area contributed by atoms with Crippen molar-refractivity contribution in [1.82, 2.24) is 0 Å². The van der Waals surface area contributed by atoms with Crippen molar-refractivity contribution in [3.05, 3.63) is 22.4 Å². The monoisotopic (exact) mass is 229 g/mol. The maximum atomic E-state index is 6.02. The van der Waals surface area contributed by atoms with E-state index >= 15 is 0 Å². The van der Waals surface area contributed by atoms with Crippen molar-refractivity contribution in [3.63, 3.8) is 0 Å². The Balaban J connectivity index is 2.12. The normalized spacial score (nSPS) is 13.4. The van der Waals surface area contributed by atoms with Crippen LogP contribution in [0.5, 0.6) is 0 Å². The molecule has 0 bridgehead atoms. The fourth-order valence-electron chi connectivity index (χ4n) is 1.19. The third-order valence-electron chi connectivity index (χ3n) is 2.03. The summed E-state index contributed by atoms with van der Waals surface area (Å²) in [4.78, 5) is 0. The van der Waals surface area contributed by atoms with Crippen LogP contribution in [-0.4, -0.2) is 17.0 Å². The highest BCUT2D eigenvalue weighted by molar-refractivity contribution is 7.99. The first kappa shape index (κ1) is 12.1. The first-order chi connectivity index (χ1) is 6.68. The van der Waals surface area contributed by atoms with Crippen molar-refractivity contribution in [2.75, 3.05) is 5.75 Å². The summed E-state index contributed by atoms with van der Waals surface area (Å²) >= 11 is 3.72. The summed E-state index contributed by atoms with van der Waals surface area (Å²) in [6.45, 7) is 4.44. The molecule has 0 aliphatic heterocycles. The molecular formula is C11H19NS2. The standard InChI is InChI=1S/C11H19NS2/c1-9(2)14-8-11(12)4-3-10-5-6-13-7-10/h5-7,9,11H,3-4,8,12H2,1-2H3. The molecule has 0 aliphatic rings. The van der Waals surface area contributed by atoms with Crippen molar-refractivity contribution in [2.45, 2.75) is 38.0 Å². The second kappa shape index (κ2) is 6.49. The number of hydrogen-bond acceptors (Lipinski definition) is 3. The second-order valence-corrected chi connectivity index (χ2v) is 6.20. The second-order valence-electron chi connectivity index (χ2n) is 3.81. The fraction of sp³-hybridized carbons (Fsp3) is 0.636. The lowest BCUT2D eigenvalue weighted by molar-refractivity contribution is 0.674. The largest absolute Gasteiger partial charge is 0.327 e. The zero-order valence-electron chi connectivity index (χ0n) is 8.90. The Labute approximate surface area is 95.1 Å². The summed E-state index contributed by atoms with van der Waals surface area (Å²) in [5.74, 6) is 1.09. The van der Waals surface area contributed by atoms with Gasteiger partial charge in [-0.25, -0.2) is 0 Å². The quantitative estimate of drug-likeness (QED) is 0.811. The summed E-state index contributed by atoms with van der Waals surface area (Å²) in [6, 6.07) is 2.54. The molecule has 0 saturated carbocycles. The third kappa shape index (κ3) is 5.03. The van der Waals surface area contributed by atoms with E-state index in [1.165, 1.54) is 5.56 Å². The van der Waals surface area contributed by atoms with E-state index in [0.29, 0.717) is 11.3 Å². The summed E-state index contributed by atoms with van der Waals surface area (Å²) in [7, 11) is 0. The number of hydrogen-bond donors (Lipinski definition) is 1. The van der Waals surface area contributed by atoms with E-state index in [4.69, 9.17) is 5.73 Å². The molecule has 80 valence electrons. The van der Waals surface area contributed by atoms with Crippen LogP contribution in [0, 0.1) is 0 Å². The molecule has 3 heteroatoms. The lowest BCUT2D eigenvalue weighted by Crippen LogP contribution is -2.24. The fourth-order valence-corrected chi connectivity index (χ4v) is 2.69. The Bertz CT molecular complexity index is 231. The van der Waals surface area contributed by atoms with Gasteiger partial charge < -0.3 is 5.73 Å². The van der Waals surface area contributed by atoms with Gasteiger partial charge in [-0.1, -0.05) is 13.8 Å². The van der Waals surface area contributed by atoms with Gasteiger partial charge in [0.25, 0.3) is 0 Å². The Hall–Kier alpha value is 0.01000. The average molecular weight is 229 g/mol. The molecule has 0 fully saturated rings. The van der Waals surface area contributed by atoms with Crippen LogP contribution in [0.3, 0.4) is 0 Å². The molecule has 1 atom stereocenters. The minimum atomic E-state index is 0.349. The van der Waals surface area contributed by atoms with Crippen LogP contribution >= 0.6 is 23.1 Å². The van der Waals surface area contributed by atoms with Gasteiger partial charge >= 0.3 is 0 Å². The Kier molecular flexibility index (Phi) is 5.60. The minimum Gasteiger partial charge on any atom is -0.327 e. The lowest BCUT2D eigenvalue weighted by Gasteiger charge is -2.12. The molecule has 0 aromatic carbocycles. The van der Waals surface area contributed by atoms with Crippen molar-refractivity contribution in [3.8, 4) is 0 Å². The molecule has 14 heavy (non-hydrogen) atoms. The van der Waals surface area contributed by atoms with Gasteiger partial charge in [0.1, 0.15) is 0 Å². The molecule has 1 rings (SSSR count). The molecule has 0 amide bonds. The van der Waals surface area contributed by atoms with E-state index in [1.54, 1.807) is 11.3 Å². The van der Waals surface area contributed by atoms with Crippen molar-refractivity contribution in [1.29, 1.82) is 0 Å². The van der Waals surface area contributed by atoms with Crippen LogP contribution < -0.4 is 5.73 Å². The Morgan fingerprint density at radius 3 is 2.86 bits per heavy atom. The van der Waals surface area contributed by atoms with Crippen molar-refractivity contribution >= 4 is 23.1 Å². The van der Waals surface area contributed by atoms with Gasteiger partial charge in [-0.3, -0.25) is 0 Å². The molecule has 1 aromatic heterocycles. The van der Waals surface area contributed by atoms with E-state index < -0.39 is 0 Å². The van der Waals surface area contributed by atoms with E-state index in [2.05, 4.69) is 30.7 Å². The number of rotatable bonds is 6. The highest BCUT2D eigenvalue weighted by Crippen LogP contribution is 2.14. The number of aryl methyl sites for hydroxylation is 1. The molecule has 1 nitrogen and oxygen atoms in total. The van der Waals surface area contributed by atoms with Crippen molar-refractivity contribution in [2.24, 2.45) is 5.73 Å². The molecule has 0 saturated heterocycles. The topological polar surface area (TPSA) is 26.0 Å². The van der Waals surface area contributed by atoms with Gasteiger partial charge in [0, 0.05) is 11.8 Å². The highest BCUT2D eigenvalue weighted by atomic mass is 32.2. The van der Waals surface area contributed by atoms with Gasteiger partial charge in [-0.2, -0.15) is 23.1 Å². The smallest absolute Gasteiger partial charge is 0.0133 e. The zero-order valence-corrected chi connectivity index (χ0v) is 10.5. The Morgan fingerprint density at radius 1 is 1.50 bits per heavy atom. The van der Waals surface area contributed by atoms with E-state index in [9.17, 15) is 0 Å². The van der Waals surface area contributed by atoms with E-state index in [1.807, 2.05) is 11.8 Å². The number of nitrogens with two attached hydrogens (primary N) is 1. The SMILES string of the molecule is CC(C)SCC(N)CCc1ccsc1. The maximum absolute atomic E-state index is 6.02. The van der Waals surface area contributed by atoms with E-state index in [-0.39, 0.29) is 0 Å². The van der Waals surface area contributed by atoms with Gasteiger partial charge in [-0.15, -0.1) is 0 Å². The molecule has 1 unspecified atom stereocenters. The molecular weight excluding hydrogens is 210 g/mol. The first-order valence-corrected chi connectivity index (χ1v) is 7.06.